The number of carbonyl (C=O) groups excluding carboxylic acids is 1. The lowest BCUT2D eigenvalue weighted by atomic mass is 9.99. The van der Waals surface area contributed by atoms with Crippen LogP contribution in [0.4, 0.5) is 0 Å². The zero-order chi connectivity index (χ0) is 23.8. The van der Waals surface area contributed by atoms with E-state index in [1.807, 2.05) is 77.7 Å². The van der Waals surface area contributed by atoms with Crippen molar-refractivity contribution in [1.29, 1.82) is 0 Å². The van der Waals surface area contributed by atoms with Gasteiger partial charge < -0.3 is 9.64 Å². The van der Waals surface area contributed by atoms with Crippen LogP contribution in [-0.2, 0) is 13.0 Å². The average Bonchev–Trinajstić information content (AvgIpc) is 3.37. The van der Waals surface area contributed by atoms with Crippen LogP contribution in [0.5, 0.6) is 5.75 Å². The van der Waals surface area contributed by atoms with E-state index in [1.165, 1.54) is 11.1 Å². The third kappa shape index (κ3) is 3.93. The Labute approximate surface area is 203 Å². The maximum atomic E-state index is 13.6. The summed E-state index contributed by atoms with van der Waals surface area (Å²) in [6.07, 6.45) is 0.845. The van der Waals surface area contributed by atoms with Crippen molar-refractivity contribution in [3.05, 3.63) is 108 Å². The molecule has 0 atom stereocenters. The Bertz CT molecular complexity index is 1540. The van der Waals surface area contributed by atoms with Crippen molar-refractivity contribution in [2.75, 3.05) is 13.7 Å². The molecule has 2 aromatic heterocycles. The molecule has 0 radical (unpaired) electrons. The van der Waals surface area contributed by atoms with Gasteiger partial charge in [0.05, 0.1) is 18.5 Å². The quantitative estimate of drug-likeness (QED) is 0.367. The molecule has 1 aliphatic heterocycles. The van der Waals surface area contributed by atoms with Crippen molar-refractivity contribution in [1.82, 2.24) is 19.5 Å². The minimum absolute atomic E-state index is 0.0754. The van der Waals surface area contributed by atoms with Gasteiger partial charge in [0.15, 0.2) is 5.65 Å². The molecule has 0 fully saturated rings. The summed E-state index contributed by atoms with van der Waals surface area (Å²) in [4.78, 5) is 20.3. The molecule has 6 heteroatoms. The number of hydrogen-bond donors (Lipinski definition) is 0. The van der Waals surface area contributed by atoms with Crippen molar-refractivity contribution in [3.8, 4) is 28.3 Å². The summed E-state index contributed by atoms with van der Waals surface area (Å²) >= 11 is 0. The maximum absolute atomic E-state index is 13.6. The number of aromatic nitrogens is 3. The zero-order valence-corrected chi connectivity index (χ0v) is 19.4. The third-order valence-corrected chi connectivity index (χ3v) is 6.50. The number of nitrogens with zero attached hydrogens (tertiary/aromatic N) is 4. The monoisotopic (exact) mass is 460 g/mol. The molecular weight excluding hydrogens is 436 g/mol. The molecule has 0 spiro atoms. The summed E-state index contributed by atoms with van der Waals surface area (Å²) < 4.78 is 7.25. The van der Waals surface area contributed by atoms with Crippen LogP contribution in [0.15, 0.2) is 91.0 Å². The number of methoxy groups -OCH3 is 1. The maximum Gasteiger partial charge on any atom is 0.272 e. The van der Waals surface area contributed by atoms with Gasteiger partial charge in [-0.25, -0.2) is 9.50 Å². The topological polar surface area (TPSA) is 59.7 Å². The molecule has 0 bridgehead atoms. The molecule has 6 nitrogen and oxygen atoms in total. The highest BCUT2D eigenvalue weighted by molar-refractivity contribution is 5.94. The number of amides is 1. The summed E-state index contributed by atoms with van der Waals surface area (Å²) in [5.74, 6) is 0.664. The number of carbonyl (C=O) groups is 1. The molecule has 5 aromatic rings. The Morgan fingerprint density at radius 2 is 1.63 bits per heavy atom. The van der Waals surface area contributed by atoms with Crippen LogP contribution in [-0.4, -0.2) is 39.1 Å². The second-order valence-corrected chi connectivity index (χ2v) is 8.67. The lowest BCUT2D eigenvalue weighted by molar-refractivity contribution is 0.0729. The molecule has 35 heavy (non-hydrogen) atoms. The van der Waals surface area contributed by atoms with E-state index in [9.17, 15) is 4.79 Å². The molecule has 3 aromatic carbocycles. The fourth-order valence-electron chi connectivity index (χ4n) is 4.65. The molecule has 172 valence electrons. The number of fused-ring (bicyclic) bond motifs is 2. The van der Waals surface area contributed by atoms with Crippen LogP contribution in [0.2, 0.25) is 0 Å². The van der Waals surface area contributed by atoms with Gasteiger partial charge >= 0.3 is 0 Å². The lowest BCUT2D eigenvalue weighted by Crippen LogP contribution is -2.36. The minimum Gasteiger partial charge on any atom is -0.497 e. The van der Waals surface area contributed by atoms with E-state index in [0.717, 1.165) is 34.7 Å². The van der Waals surface area contributed by atoms with Crippen LogP contribution >= 0.6 is 0 Å². The SMILES string of the molecule is COc1cccc(-c2cc(C(=O)N3CCc4ccccc4C3)nc3cc(-c4ccccc4)nn23)c1. The van der Waals surface area contributed by atoms with Crippen molar-refractivity contribution in [2.45, 2.75) is 13.0 Å². The van der Waals surface area contributed by atoms with Gasteiger partial charge in [-0.05, 0) is 35.7 Å². The molecule has 0 N–H and O–H groups in total. The smallest absolute Gasteiger partial charge is 0.272 e. The predicted octanol–water partition coefficient (Wildman–Crippen LogP) is 5.27. The Hall–Kier alpha value is -4.45. The highest BCUT2D eigenvalue weighted by Gasteiger charge is 2.24. The van der Waals surface area contributed by atoms with Gasteiger partial charge in [0, 0.05) is 30.3 Å². The first kappa shape index (κ1) is 21.1. The van der Waals surface area contributed by atoms with Gasteiger partial charge in [-0.3, -0.25) is 4.79 Å². The first-order valence-electron chi connectivity index (χ1n) is 11.7. The van der Waals surface area contributed by atoms with E-state index in [-0.39, 0.29) is 5.91 Å². The molecule has 1 amide bonds. The van der Waals surface area contributed by atoms with Crippen LogP contribution in [0.3, 0.4) is 0 Å². The van der Waals surface area contributed by atoms with Gasteiger partial charge in [-0.15, -0.1) is 0 Å². The standard InChI is InChI=1S/C29H24N4O2/c1-35-24-13-7-12-22(16-24)27-17-26(29(34)32-15-14-20-8-5-6-11-23(20)19-32)30-28-18-25(31-33(27)28)21-9-3-2-4-10-21/h2-13,16-18H,14-15,19H2,1H3. The minimum atomic E-state index is -0.0754. The number of ether oxygens (including phenoxy) is 1. The summed E-state index contributed by atoms with van der Waals surface area (Å²) in [7, 11) is 1.64. The first-order valence-corrected chi connectivity index (χ1v) is 11.7. The second kappa shape index (κ2) is 8.72. The molecular formula is C29H24N4O2. The van der Waals surface area contributed by atoms with Gasteiger partial charge in [0.2, 0.25) is 0 Å². The fourth-order valence-corrected chi connectivity index (χ4v) is 4.65. The molecule has 0 unspecified atom stereocenters. The van der Waals surface area contributed by atoms with E-state index >= 15 is 0 Å². The van der Waals surface area contributed by atoms with E-state index in [2.05, 4.69) is 18.2 Å². The summed E-state index contributed by atoms with van der Waals surface area (Å²) in [6.45, 7) is 1.26. The fraction of sp³-hybridized carbons (Fsp3) is 0.138. The highest BCUT2D eigenvalue weighted by atomic mass is 16.5. The van der Waals surface area contributed by atoms with Crippen molar-refractivity contribution >= 4 is 11.6 Å². The van der Waals surface area contributed by atoms with Crippen LogP contribution in [0, 0.1) is 0 Å². The normalized spacial score (nSPS) is 13.0. The summed E-state index contributed by atoms with van der Waals surface area (Å²) in [6, 6.07) is 29.8. The molecule has 3 heterocycles. The average molecular weight is 461 g/mol. The van der Waals surface area contributed by atoms with Gasteiger partial charge in [-0.2, -0.15) is 5.10 Å². The van der Waals surface area contributed by atoms with Crippen LogP contribution < -0.4 is 4.74 Å². The Kier molecular flexibility index (Phi) is 5.26. The van der Waals surface area contributed by atoms with Gasteiger partial charge in [-0.1, -0.05) is 66.7 Å². The lowest BCUT2D eigenvalue weighted by Gasteiger charge is -2.28. The van der Waals surface area contributed by atoms with Gasteiger partial charge in [0.1, 0.15) is 11.4 Å². The predicted molar refractivity (Wildman–Crippen MR) is 135 cm³/mol. The molecule has 0 aliphatic carbocycles. The molecule has 1 aliphatic rings. The highest BCUT2D eigenvalue weighted by Crippen LogP contribution is 2.28. The van der Waals surface area contributed by atoms with E-state index in [0.29, 0.717) is 24.4 Å². The zero-order valence-electron chi connectivity index (χ0n) is 19.4. The number of rotatable bonds is 4. The largest absolute Gasteiger partial charge is 0.497 e. The van der Waals surface area contributed by atoms with Crippen LogP contribution in [0.25, 0.3) is 28.2 Å². The first-order chi connectivity index (χ1) is 17.2. The van der Waals surface area contributed by atoms with Gasteiger partial charge in [0.25, 0.3) is 5.91 Å². The Balaban J connectivity index is 1.47. The summed E-state index contributed by atoms with van der Waals surface area (Å²) in [5, 5.41) is 4.85. The van der Waals surface area contributed by atoms with E-state index in [1.54, 1.807) is 11.6 Å². The van der Waals surface area contributed by atoms with Crippen molar-refractivity contribution in [2.24, 2.45) is 0 Å². The van der Waals surface area contributed by atoms with Crippen LogP contribution in [0.1, 0.15) is 21.6 Å². The Morgan fingerprint density at radius 3 is 2.46 bits per heavy atom. The van der Waals surface area contributed by atoms with Crippen molar-refractivity contribution in [3.63, 3.8) is 0 Å². The molecule has 6 rings (SSSR count). The van der Waals surface area contributed by atoms with E-state index < -0.39 is 0 Å². The summed E-state index contributed by atoms with van der Waals surface area (Å²) in [5.41, 5.74) is 7.03. The third-order valence-electron chi connectivity index (χ3n) is 6.50. The Morgan fingerprint density at radius 1 is 0.857 bits per heavy atom. The van der Waals surface area contributed by atoms with Crippen molar-refractivity contribution < 1.29 is 9.53 Å². The number of benzene rings is 3. The molecule has 0 saturated carbocycles. The van der Waals surface area contributed by atoms with E-state index in [4.69, 9.17) is 14.8 Å². The number of hydrogen-bond acceptors (Lipinski definition) is 4. The molecule has 0 saturated heterocycles. The second-order valence-electron chi connectivity index (χ2n) is 8.67.